The third-order valence-electron chi connectivity index (χ3n) is 5.18. The van der Waals surface area contributed by atoms with Crippen molar-refractivity contribution in [2.24, 2.45) is 0 Å². The number of imidazole rings is 1. The average Bonchev–Trinajstić information content (AvgIpc) is 3.11. The number of aromatic amines is 2. The van der Waals surface area contributed by atoms with Crippen molar-refractivity contribution in [1.29, 1.82) is 0 Å². The molecule has 2 aromatic heterocycles. The first kappa shape index (κ1) is 16.1. The molecule has 2 N–H and O–H groups in total. The van der Waals surface area contributed by atoms with E-state index in [1.54, 1.807) is 0 Å². The number of hydrogen-bond acceptors (Lipinski definition) is 3. The zero-order chi connectivity index (χ0) is 17.4. The molecule has 1 aliphatic rings. The van der Waals surface area contributed by atoms with E-state index in [2.05, 4.69) is 45.0 Å². The largest absolute Gasteiger partial charge is 0.348 e. The minimum Gasteiger partial charge on any atom is -0.348 e. The molecule has 1 atom stereocenters. The summed E-state index contributed by atoms with van der Waals surface area (Å²) in [6, 6.07) is 6.31. The third-order valence-corrected chi connectivity index (χ3v) is 5.18. The van der Waals surface area contributed by atoms with Crippen molar-refractivity contribution >= 4 is 10.9 Å². The van der Waals surface area contributed by atoms with Gasteiger partial charge in [0.15, 0.2) is 0 Å². The van der Waals surface area contributed by atoms with Gasteiger partial charge < -0.3 is 9.97 Å². The standard InChI is InChI=1S/C20H24N4O/c1-13-8-14(2)18-16(9-13)10-17(20(25)23-18)12-24-7-3-4-15(11-24)19-21-5-6-22-19/h5-6,8-10,15H,3-4,7,11-12H2,1-2H3,(H,21,22)(H,23,25)/t15-/m0/s1. The van der Waals surface area contributed by atoms with Crippen LogP contribution in [0.4, 0.5) is 0 Å². The number of H-pyrrole nitrogens is 2. The van der Waals surface area contributed by atoms with Crippen LogP contribution in [-0.4, -0.2) is 32.9 Å². The van der Waals surface area contributed by atoms with E-state index < -0.39 is 0 Å². The smallest absolute Gasteiger partial charge is 0.252 e. The van der Waals surface area contributed by atoms with Gasteiger partial charge in [0.25, 0.3) is 5.56 Å². The molecule has 130 valence electrons. The molecule has 0 bridgehead atoms. The first-order chi connectivity index (χ1) is 12.1. The molecule has 0 saturated carbocycles. The number of benzene rings is 1. The number of hydrogen-bond donors (Lipinski definition) is 2. The lowest BCUT2D eigenvalue weighted by Crippen LogP contribution is -2.35. The molecule has 0 unspecified atom stereocenters. The van der Waals surface area contributed by atoms with Crippen LogP contribution >= 0.6 is 0 Å². The Kier molecular flexibility index (Phi) is 4.17. The highest BCUT2D eigenvalue weighted by Crippen LogP contribution is 2.25. The number of nitrogens with one attached hydrogen (secondary N) is 2. The summed E-state index contributed by atoms with van der Waals surface area (Å²) in [6.07, 6.45) is 5.98. The van der Waals surface area contributed by atoms with E-state index in [1.807, 2.05) is 19.3 Å². The maximum Gasteiger partial charge on any atom is 0.252 e. The van der Waals surface area contributed by atoms with Crippen LogP contribution in [0, 0.1) is 13.8 Å². The normalized spacial score (nSPS) is 18.7. The quantitative estimate of drug-likeness (QED) is 0.772. The van der Waals surface area contributed by atoms with Crippen LogP contribution in [0.3, 0.4) is 0 Å². The van der Waals surface area contributed by atoms with Crippen LogP contribution in [0.5, 0.6) is 0 Å². The maximum atomic E-state index is 12.6. The monoisotopic (exact) mass is 336 g/mol. The predicted molar refractivity (Wildman–Crippen MR) is 99.9 cm³/mol. The first-order valence-electron chi connectivity index (χ1n) is 8.95. The highest BCUT2D eigenvalue weighted by atomic mass is 16.1. The second-order valence-electron chi connectivity index (χ2n) is 7.22. The van der Waals surface area contributed by atoms with E-state index in [0.29, 0.717) is 12.5 Å². The summed E-state index contributed by atoms with van der Waals surface area (Å²) < 4.78 is 0. The zero-order valence-corrected chi connectivity index (χ0v) is 14.8. The van der Waals surface area contributed by atoms with Crippen LogP contribution in [0.25, 0.3) is 10.9 Å². The molecule has 3 aromatic rings. The van der Waals surface area contributed by atoms with Crippen LogP contribution < -0.4 is 5.56 Å². The van der Waals surface area contributed by atoms with E-state index >= 15 is 0 Å². The molecular weight excluding hydrogens is 312 g/mol. The highest BCUT2D eigenvalue weighted by Gasteiger charge is 2.23. The predicted octanol–water partition coefficient (Wildman–Crippen LogP) is 3.25. The molecule has 1 fully saturated rings. The summed E-state index contributed by atoms with van der Waals surface area (Å²) in [6.45, 7) is 6.80. The van der Waals surface area contributed by atoms with Crippen LogP contribution in [0.15, 0.2) is 35.4 Å². The molecule has 4 rings (SSSR count). The third kappa shape index (κ3) is 3.24. The molecule has 0 spiro atoms. The van der Waals surface area contributed by atoms with E-state index in [-0.39, 0.29) is 5.56 Å². The number of pyridine rings is 1. The molecular formula is C20H24N4O. The Morgan fingerprint density at radius 1 is 1.28 bits per heavy atom. The number of rotatable bonds is 3. The molecule has 0 amide bonds. The lowest BCUT2D eigenvalue weighted by molar-refractivity contribution is 0.196. The van der Waals surface area contributed by atoms with Crippen molar-refractivity contribution in [3.05, 3.63) is 63.5 Å². The van der Waals surface area contributed by atoms with Gasteiger partial charge in [0.2, 0.25) is 0 Å². The summed E-state index contributed by atoms with van der Waals surface area (Å²) in [5, 5.41) is 1.12. The van der Waals surface area contributed by atoms with Crippen molar-refractivity contribution in [1.82, 2.24) is 19.9 Å². The molecule has 5 nitrogen and oxygen atoms in total. The van der Waals surface area contributed by atoms with Gasteiger partial charge >= 0.3 is 0 Å². The molecule has 1 aliphatic heterocycles. The van der Waals surface area contributed by atoms with Crippen LogP contribution in [-0.2, 0) is 6.54 Å². The minimum atomic E-state index is 0.0274. The lowest BCUT2D eigenvalue weighted by atomic mass is 9.97. The summed E-state index contributed by atoms with van der Waals surface area (Å²) >= 11 is 0. The molecule has 0 aliphatic carbocycles. The van der Waals surface area contributed by atoms with Gasteiger partial charge in [-0.25, -0.2) is 4.98 Å². The Labute approximate surface area is 147 Å². The van der Waals surface area contributed by atoms with Gasteiger partial charge in [0.05, 0.1) is 5.52 Å². The van der Waals surface area contributed by atoms with Crippen molar-refractivity contribution in [2.75, 3.05) is 13.1 Å². The number of piperidine rings is 1. The Morgan fingerprint density at radius 2 is 2.16 bits per heavy atom. The summed E-state index contributed by atoms with van der Waals surface area (Å²) in [5.41, 5.74) is 4.16. The second-order valence-corrected chi connectivity index (χ2v) is 7.22. The minimum absolute atomic E-state index is 0.0274. The van der Waals surface area contributed by atoms with Gasteiger partial charge in [0.1, 0.15) is 5.82 Å². The van der Waals surface area contributed by atoms with Gasteiger partial charge in [-0.2, -0.15) is 0 Å². The van der Waals surface area contributed by atoms with Crippen molar-refractivity contribution in [3.8, 4) is 0 Å². The number of nitrogens with zero attached hydrogens (tertiary/aromatic N) is 2. The van der Waals surface area contributed by atoms with Gasteiger partial charge in [-0.3, -0.25) is 9.69 Å². The molecule has 0 radical (unpaired) electrons. The van der Waals surface area contributed by atoms with Gasteiger partial charge in [0, 0.05) is 37.0 Å². The summed E-state index contributed by atoms with van der Waals surface area (Å²) in [7, 11) is 0. The van der Waals surface area contributed by atoms with Crippen LogP contribution in [0.1, 0.15) is 41.3 Å². The topological polar surface area (TPSA) is 64.8 Å². The Bertz CT molecular complexity index is 942. The maximum absolute atomic E-state index is 12.6. The summed E-state index contributed by atoms with van der Waals surface area (Å²) in [4.78, 5) is 25.6. The number of likely N-dealkylation sites (tertiary alicyclic amines) is 1. The first-order valence-corrected chi connectivity index (χ1v) is 8.95. The number of fused-ring (bicyclic) bond motifs is 1. The SMILES string of the molecule is Cc1cc(C)c2[nH]c(=O)c(CN3CCC[C@H](c4ncc[nH]4)C3)cc2c1. The van der Waals surface area contributed by atoms with Crippen molar-refractivity contribution in [3.63, 3.8) is 0 Å². The van der Waals surface area contributed by atoms with E-state index in [0.717, 1.165) is 53.8 Å². The van der Waals surface area contributed by atoms with Gasteiger partial charge in [-0.1, -0.05) is 11.6 Å². The van der Waals surface area contributed by atoms with Crippen molar-refractivity contribution < 1.29 is 0 Å². The van der Waals surface area contributed by atoms with Crippen molar-refractivity contribution in [2.45, 2.75) is 39.2 Å². The average molecular weight is 336 g/mol. The van der Waals surface area contributed by atoms with E-state index in [4.69, 9.17) is 0 Å². The molecule has 3 heterocycles. The molecule has 25 heavy (non-hydrogen) atoms. The van der Waals surface area contributed by atoms with Crippen LogP contribution in [0.2, 0.25) is 0 Å². The summed E-state index contributed by atoms with van der Waals surface area (Å²) in [5.74, 6) is 1.48. The molecule has 1 saturated heterocycles. The van der Waals surface area contributed by atoms with Gasteiger partial charge in [-0.15, -0.1) is 0 Å². The molecule has 5 heteroatoms. The highest BCUT2D eigenvalue weighted by molar-refractivity contribution is 5.82. The number of aryl methyl sites for hydroxylation is 2. The van der Waals surface area contributed by atoms with Gasteiger partial charge in [-0.05, 0) is 56.3 Å². The number of aromatic nitrogens is 3. The van der Waals surface area contributed by atoms with E-state index in [9.17, 15) is 4.79 Å². The second kappa shape index (κ2) is 6.48. The lowest BCUT2D eigenvalue weighted by Gasteiger charge is -2.31. The fourth-order valence-corrected chi connectivity index (χ4v) is 4.01. The fourth-order valence-electron chi connectivity index (χ4n) is 4.01. The Hall–Kier alpha value is -2.40. The fraction of sp³-hybridized carbons (Fsp3) is 0.400. The Morgan fingerprint density at radius 3 is 2.96 bits per heavy atom. The Balaban J connectivity index is 1.60. The molecule has 1 aromatic carbocycles. The zero-order valence-electron chi connectivity index (χ0n) is 14.8. The van der Waals surface area contributed by atoms with E-state index in [1.165, 1.54) is 5.56 Å².